The molecule has 2 saturated carbocycles. The molecule has 0 aromatic carbocycles. The SMILES string of the molecule is CN1C(=O)C2CCCCC2N2C=C3CCCCC3C12. The predicted molar refractivity (Wildman–Crippen MR) is 74.2 cm³/mol. The summed E-state index contributed by atoms with van der Waals surface area (Å²) in [6.45, 7) is 0. The topological polar surface area (TPSA) is 23.6 Å². The highest BCUT2D eigenvalue weighted by Crippen LogP contribution is 2.46. The van der Waals surface area contributed by atoms with Gasteiger partial charge in [0.1, 0.15) is 6.17 Å². The summed E-state index contributed by atoms with van der Waals surface area (Å²) in [7, 11) is 2.04. The maximum absolute atomic E-state index is 12.7. The van der Waals surface area contributed by atoms with Gasteiger partial charge in [-0.15, -0.1) is 0 Å². The Morgan fingerprint density at radius 2 is 1.79 bits per heavy atom. The monoisotopic (exact) mass is 260 g/mol. The first-order chi connectivity index (χ1) is 9.27. The predicted octanol–water partition coefficient (Wildman–Crippen LogP) is 2.73. The van der Waals surface area contributed by atoms with Crippen molar-refractivity contribution < 1.29 is 4.79 Å². The maximum Gasteiger partial charge on any atom is 0.229 e. The normalized spacial score (nSPS) is 41.5. The lowest BCUT2D eigenvalue weighted by molar-refractivity contribution is -0.155. The number of nitrogens with zero attached hydrogens (tertiary/aromatic N) is 2. The molecule has 4 aliphatic rings. The van der Waals surface area contributed by atoms with Gasteiger partial charge in [-0.2, -0.15) is 0 Å². The second-order valence-electron chi connectivity index (χ2n) is 6.82. The average Bonchev–Trinajstić information content (AvgIpc) is 2.84. The standard InChI is InChI=1S/C16H24N2O/c1-17-15-12-7-3-2-6-11(12)10-18(15)14-9-5-4-8-13(14)16(17)19/h10,12-15H,2-9H2,1H3. The van der Waals surface area contributed by atoms with Crippen LogP contribution < -0.4 is 0 Å². The third kappa shape index (κ3) is 1.60. The van der Waals surface area contributed by atoms with Crippen molar-refractivity contribution in [3.8, 4) is 0 Å². The molecule has 104 valence electrons. The zero-order valence-corrected chi connectivity index (χ0v) is 11.8. The van der Waals surface area contributed by atoms with Gasteiger partial charge in [0.2, 0.25) is 5.91 Å². The number of hydrogen-bond donors (Lipinski definition) is 0. The van der Waals surface area contributed by atoms with E-state index in [1.807, 2.05) is 7.05 Å². The molecule has 0 aromatic heterocycles. The van der Waals surface area contributed by atoms with Gasteiger partial charge in [-0.1, -0.05) is 19.3 Å². The van der Waals surface area contributed by atoms with E-state index in [1.165, 1.54) is 44.9 Å². The van der Waals surface area contributed by atoms with E-state index in [9.17, 15) is 4.79 Å². The number of fused-ring (bicyclic) bond motifs is 5. The minimum absolute atomic E-state index is 0.270. The first-order valence-corrected chi connectivity index (χ1v) is 8.02. The maximum atomic E-state index is 12.7. The van der Waals surface area contributed by atoms with Crippen LogP contribution in [0.1, 0.15) is 51.4 Å². The molecule has 2 heterocycles. The van der Waals surface area contributed by atoms with Crippen molar-refractivity contribution in [2.45, 2.75) is 63.6 Å². The van der Waals surface area contributed by atoms with Gasteiger partial charge in [0.15, 0.2) is 0 Å². The molecule has 4 unspecified atom stereocenters. The van der Waals surface area contributed by atoms with Crippen molar-refractivity contribution in [2.75, 3.05) is 7.05 Å². The largest absolute Gasteiger partial charge is 0.353 e. The second-order valence-corrected chi connectivity index (χ2v) is 6.82. The van der Waals surface area contributed by atoms with Crippen molar-refractivity contribution in [1.82, 2.24) is 9.80 Å². The molecule has 3 heteroatoms. The van der Waals surface area contributed by atoms with Crippen molar-refractivity contribution >= 4 is 5.91 Å². The molecule has 2 aliphatic carbocycles. The molecule has 0 spiro atoms. The zero-order chi connectivity index (χ0) is 13.0. The summed E-state index contributed by atoms with van der Waals surface area (Å²) in [4.78, 5) is 17.3. The Balaban J connectivity index is 1.70. The Bertz CT molecular complexity index is 430. The lowest BCUT2D eigenvalue weighted by atomic mass is 9.78. The summed E-state index contributed by atoms with van der Waals surface area (Å²) in [5.41, 5.74) is 1.63. The van der Waals surface area contributed by atoms with Crippen LogP contribution in [0.25, 0.3) is 0 Å². The van der Waals surface area contributed by atoms with Crippen LogP contribution >= 0.6 is 0 Å². The third-order valence-corrected chi connectivity index (χ3v) is 5.86. The summed E-state index contributed by atoms with van der Waals surface area (Å²) in [5.74, 6) is 1.32. The summed E-state index contributed by atoms with van der Waals surface area (Å²) in [6, 6.07) is 0.501. The molecule has 2 aliphatic heterocycles. The molecule has 4 rings (SSSR count). The highest BCUT2D eigenvalue weighted by Gasteiger charge is 2.51. The lowest BCUT2D eigenvalue weighted by Gasteiger charge is -2.51. The third-order valence-electron chi connectivity index (χ3n) is 5.86. The van der Waals surface area contributed by atoms with Crippen molar-refractivity contribution in [3.05, 3.63) is 11.8 Å². The fourth-order valence-corrected chi connectivity index (χ4v) is 4.95. The van der Waals surface area contributed by atoms with Crippen LogP contribution in [-0.4, -0.2) is 35.0 Å². The Morgan fingerprint density at radius 3 is 2.68 bits per heavy atom. The van der Waals surface area contributed by atoms with Crippen LogP contribution in [0.4, 0.5) is 0 Å². The second kappa shape index (κ2) is 4.26. The summed E-state index contributed by atoms with van der Waals surface area (Å²) >= 11 is 0. The highest BCUT2D eigenvalue weighted by molar-refractivity contribution is 5.81. The molecular weight excluding hydrogens is 236 g/mol. The van der Waals surface area contributed by atoms with Crippen LogP contribution in [-0.2, 0) is 4.79 Å². The molecule has 0 N–H and O–H groups in total. The molecule has 4 atom stereocenters. The fraction of sp³-hybridized carbons (Fsp3) is 0.812. The van der Waals surface area contributed by atoms with Crippen molar-refractivity contribution in [3.63, 3.8) is 0 Å². The Kier molecular flexibility index (Phi) is 2.64. The van der Waals surface area contributed by atoms with Gasteiger partial charge in [-0.25, -0.2) is 0 Å². The molecule has 0 bridgehead atoms. The van der Waals surface area contributed by atoms with E-state index in [2.05, 4.69) is 16.0 Å². The number of carbonyl (C=O) groups is 1. The number of hydrogen-bond acceptors (Lipinski definition) is 2. The van der Waals surface area contributed by atoms with Crippen LogP contribution in [0.15, 0.2) is 11.8 Å². The number of carbonyl (C=O) groups excluding carboxylic acids is 1. The van der Waals surface area contributed by atoms with E-state index in [-0.39, 0.29) is 5.92 Å². The summed E-state index contributed by atoms with van der Waals surface area (Å²) < 4.78 is 0. The summed E-state index contributed by atoms with van der Waals surface area (Å²) in [5, 5.41) is 0. The van der Waals surface area contributed by atoms with E-state index in [0.717, 1.165) is 6.42 Å². The summed E-state index contributed by atoms with van der Waals surface area (Å²) in [6.07, 6.45) is 12.9. The van der Waals surface area contributed by atoms with E-state index < -0.39 is 0 Å². The molecule has 3 fully saturated rings. The zero-order valence-electron chi connectivity index (χ0n) is 11.8. The highest BCUT2D eigenvalue weighted by atomic mass is 16.2. The molecule has 1 saturated heterocycles. The molecule has 1 amide bonds. The van der Waals surface area contributed by atoms with Gasteiger partial charge in [-0.05, 0) is 37.7 Å². The molecule has 19 heavy (non-hydrogen) atoms. The van der Waals surface area contributed by atoms with E-state index >= 15 is 0 Å². The van der Waals surface area contributed by atoms with Crippen LogP contribution in [0.5, 0.6) is 0 Å². The van der Waals surface area contributed by atoms with Gasteiger partial charge >= 0.3 is 0 Å². The fourth-order valence-electron chi connectivity index (χ4n) is 4.95. The first-order valence-electron chi connectivity index (χ1n) is 8.02. The van der Waals surface area contributed by atoms with Crippen LogP contribution in [0.3, 0.4) is 0 Å². The van der Waals surface area contributed by atoms with Crippen molar-refractivity contribution in [2.24, 2.45) is 11.8 Å². The van der Waals surface area contributed by atoms with Crippen molar-refractivity contribution in [1.29, 1.82) is 0 Å². The minimum atomic E-state index is 0.270. The Labute approximate surface area is 115 Å². The number of rotatable bonds is 0. The quantitative estimate of drug-likeness (QED) is 0.668. The van der Waals surface area contributed by atoms with Crippen LogP contribution in [0, 0.1) is 11.8 Å². The van der Waals surface area contributed by atoms with Gasteiger partial charge < -0.3 is 9.80 Å². The molecule has 0 radical (unpaired) electrons. The average molecular weight is 260 g/mol. The van der Waals surface area contributed by atoms with Gasteiger partial charge in [0.05, 0.1) is 5.92 Å². The minimum Gasteiger partial charge on any atom is -0.353 e. The Hall–Kier alpha value is -0.990. The molecule has 3 nitrogen and oxygen atoms in total. The van der Waals surface area contributed by atoms with E-state index in [4.69, 9.17) is 0 Å². The lowest BCUT2D eigenvalue weighted by Crippen LogP contribution is -2.62. The Morgan fingerprint density at radius 1 is 1.05 bits per heavy atom. The van der Waals surface area contributed by atoms with E-state index in [1.54, 1.807) is 5.57 Å². The first kappa shape index (κ1) is 11.8. The van der Waals surface area contributed by atoms with Gasteiger partial charge in [-0.3, -0.25) is 4.79 Å². The molecular formula is C16H24N2O. The smallest absolute Gasteiger partial charge is 0.229 e. The van der Waals surface area contributed by atoms with Gasteiger partial charge in [0, 0.05) is 25.2 Å². The van der Waals surface area contributed by atoms with Gasteiger partial charge in [0.25, 0.3) is 0 Å². The van der Waals surface area contributed by atoms with E-state index in [0.29, 0.717) is 24.0 Å². The van der Waals surface area contributed by atoms with Crippen LogP contribution in [0.2, 0.25) is 0 Å². The number of amides is 1. The molecule has 0 aromatic rings.